The summed E-state index contributed by atoms with van der Waals surface area (Å²) in [6, 6.07) is 12.9. The van der Waals surface area contributed by atoms with Gasteiger partial charge in [0, 0.05) is 11.1 Å². The molecule has 0 bridgehead atoms. The van der Waals surface area contributed by atoms with Gasteiger partial charge in [-0.15, -0.1) is 0 Å². The van der Waals surface area contributed by atoms with Crippen LogP contribution in [0.5, 0.6) is 5.75 Å². The van der Waals surface area contributed by atoms with Gasteiger partial charge < -0.3 is 14.9 Å². The van der Waals surface area contributed by atoms with E-state index in [1.165, 1.54) is 12.1 Å². The second-order valence-electron chi connectivity index (χ2n) is 7.16. The van der Waals surface area contributed by atoms with Crippen molar-refractivity contribution in [3.63, 3.8) is 0 Å². The minimum absolute atomic E-state index is 0.00969. The summed E-state index contributed by atoms with van der Waals surface area (Å²) in [5, 5.41) is 21.0. The summed E-state index contributed by atoms with van der Waals surface area (Å²) in [4.78, 5) is 25.4. The lowest BCUT2D eigenvalue weighted by atomic mass is 9.92. The highest BCUT2D eigenvalue weighted by atomic mass is 19.3. The predicted molar refractivity (Wildman–Crippen MR) is 110 cm³/mol. The van der Waals surface area contributed by atoms with Gasteiger partial charge in [-0.05, 0) is 35.1 Å². The van der Waals surface area contributed by atoms with Crippen LogP contribution in [0, 0.1) is 0 Å². The molecule has 0 fully saturated rings. The lowest BCUT2D eigenvalue weighted by Crippen LogP contribution is -2.27. The van der Waals surface area contributed by atoms with E-state index in [1.54, 1.807) is 36.4 Å². The van der Waals surface area contributed by atoms with Gasteiger partial charge in [0.15, 0.2) is 6.23 Å². The highest BCUT2D eigenvalue weighted by Crippen LogP contribution is 2.47. The second kappa shape index (κ2) is 7.96. The van der Waals surface area contributed by atoms with Crippen LogP contribution in [-0.2, 0) is 17.6 Å². The van der Waals surface area contributed by atoms with Crippen LogP contribution in [0.3, 0.4) is 0 Å². The third kappa shape index (κ3) is 3.48. The molecular formula is C23H19F2NO5. The highest BCUT2D eigenvalue weighted by molar-refractivity contribution is 6.16. The number of aryl methyl sites for hydroxylation is 1. The number of rotatable bonds is 6. The number of carbonyl (C=O) groups excluding carboxylic acids is 1. The van der Waals surface area contributed by atoms with Crippen molar-refractivity contribution in [3.8, 4) is 5.75 Å². The molecule has 1 atom stereocenters. The summed E-state index contributed by atoms with van der Waals surface area (Å²) >= 11 is 0. The number of carbonyl (C=O) groups is 2. The van der Waals surface area contributed by atoms with E-state index in [9.17, 15) is 23.5 Å². The Morgan fingerprint density at radius 1 is 1.13 bits per heavy atom. The summed E-state index contributed by atoms with van der Waals surface area (Å²) < 4.78 is 31.3. The van der Waals surface area contributed by atoms with E-state index < -0.39 is 24.7 Å². The summed E-state index contributed by atoms with van der Waals surface area (Å²) in [6.45, 7) is -1.29. The minimum atomic E-state index is -3.13. The van der Waals surface area contributed by atoms with Gasteiger partial charge in [-0.1, -0.05) is 43.3 Å². The zero-order valence-corrected chi connectivity index (χ0v) is 16.5. The molecule has 0 saturated heterocycles. The van der Waals surface area contributed by atoms with Crippen LogP contribution < -0.4 is 9.64 Å². The molecule has 0 spiro atoms. The molecule has 2 N–H and O–H groups in total. The number of fused-ring (bicyclic) bond motifs is 2. The third-order valence-electron chi connectivity index (χ3n) is 5.38. The van der Waals surface area contributed by atoms with Crippen LogP contribution in [-0.4, -0.2) is 28.7 Å². The summed E-state index contributed by atoms with van der Waals surface area (Å²) in [5.41, 5.74) is 1.64. The van der Waals surface area contributed by atoms with Crippen molar-refractivity contribution in [2.45, 2.75) is 32.6 Å². The molecule has 1 aliphatic heterocycles. The van der Waals surface area contributed by atoms with Crippen molar-refractivity contribution in [1.29, 1.82) is 0 Å². The Labute approximate surface area is 176 Å². The largest absolute Gasteiger partial charge is 0.481 e. The van der Waals surface area contributed by atoms with Crippen LogP contribution in [0.1, 0.15) is 40.2 Å². The molecule has 0 aliphatic carbocycles. The number of nitrogens with zero attached hydrogens (tertiary/aromatic N) is 1. The Balaban J connectivity index is 1.89. The molecule has 4 rings (SSSR count). The summed E-state index contributed by atoms with van der Waals surface area (Å²) in [7, 11) is 0. The molecular weight excluding hydrogens is 408 g/mol. The number of hydrogen-bond acceptors (Lipinski definition) is 4. The fraction of sp³-hybridized carbons (Fsp3) is 0.217. The SMILES string of the molecule is CCc1c2c(c(OC(F)F)c3ccccc13)C(O)N(c1ccc(CC(=O)O)cc1)C2=O. The maximum Gasteiger partial charge on any atom is 0.387 e. The van der Waals surface area contributed by atoms with Gasteiger partial charge in [0.1, 0.15) is 5.75 Å². The molecule has 0 radical (unpaired) electrons. The minimum Gasteiger partial charge on any atom is -0.481 e. The average Bonchev–Trinajstić information content (AvgIpc) is 2.99. The number of alkyl halides is 2. The van der Waals surface area contributed by atoms with Crippen molar-refractivity contribution in [2.75, 3.05) is 4.90 Å². The number of aliphatic carboxylic acids is 1. The Morgan fingerprint density at radius 2 is 1.77 bits per heavy atom. The van der Waals surface area contributed by atoms with Crippen molar-refractivity contribution >= 4 is 28.3 Å². The Morgan fingerprint density at radius 3 is 2.35 bits per heavy atom. The lowest BCUT2D eigenvalue weighted by Gasteiger charge is -2.22. The van der Waals surface area contributed by atoms with Gasteiger partial charge in [0.05, 0.1) is 17.5 Å². The van der Waals surface area contributed by atoms with Crippen molar-refractivity contribution in [3.05, 3.63) is 70.8 Å². The van der Waals surface area contributed by atoms with E-state index >= 15 is 0 Å². The van der Waals surface area contributed by atoms with Gasteiger partial charge in [-0.2, -0.15) is 8.78 Å². The van der Waals surface area contributed by atoms with Gasteiger partial charge in [-0.3, -0.25) is 14.5 Å². The molecule has 1 unspecified atom stereocenters. The summed E-state index contributed by atoms with van der Waals surface area (Å²) in [5.74, 6) is -1.75. The second-order valence-corrected chi connectivity index (χ2v) is 7.16. The van der Waals surface area contributed by atoms with Gasteiger partial charge >= 0.3 is 12.6 Å². The fourth-order valence-corrected chi connectivity index (χ4v) is 4.14. The number of benzene rings is 3. The smallest absolute Gasteiger partial charge is 0.387 e. The molecule has 8 heteroatoms. The molecule has 6 nitrogen and oxygen atoms in total. The maximum absolute atomic E-state index is 13.4. The molecule has 1 aliphatic rings. The first kappa shape index (κ1) is 20.7. The first-order valence-corrected chi connectivity index (χ1v) is 9.68. The number of anilines is 1. The summed E-state index contributed by atoms with van der Waals surface area (Å²) in [6.07, 6.45) is -1.27. The van der Waals surface area contributed by atoms with Gasteiger partial charge in [0.2, 0.25) is 0 Å². The van der Waals surface area contributed by atoms with Crippen LogP contribution in [0.15, 0.2) is 48.5 Å². The van der Waals surface area contributed by atoms with Gasteiger partial charge in [-0.25, -0.2) is 0 Å². The highest BCUT2D eigenvalue weighted by Gasteiger charge is 2.42. The molecule has 1 heterocycles. The number of halogens is 2. The van der Waals surface area contributed by atoms with Crippen molar-refractivity contribution in [1.82, 2.24) is 0 Å². The first-order chi connectivity index (χ1) is 14.8. The first-order valence-electron chi connectivity index (χ1n) is 9.68. The van der Waals surface area contributed by atoms with E-state index in [0.717, 1.165) is 4.90 Å². The molecule has 3 aromatic carbocycles. The molecule has 31 heavy (non-hydrogen) atoms. The van der Waals surface area contributed by atoms with E-state index in [0.29, 0.717) is 34.0 Å². The Hall–Kier alpha value is -3.52. The molecule has 0 saturated carbocycles. The number of ether oxygens (including phenoxy) is 1. The topological polar surface area (TPSA) is 87.1 Å². The van der Waals surface area contributed by atoms with E-state index in [4.69, 9.17) is 9.84 Å². The fourth-order valence-electron chi connectivity index (χ4n) is 4.14. The predicted octanol–water partition coefficient (Wildman–Crippen LogP) is 4.28. The monoisotopic (exact) mass is 427 g/mol. The average molecular weight is 427 g/mol. The van der Waals surface area contributed by atoms with E-state index in [-0.39, 0.29) is 23.3 Å². The maximum atomic E-state index is 13.4. The van der Waals surface area contributed by atoms with Crippen LogP contribution in [0.2, 0.25) is 0 Å². The number of carboxylic acid groups (broad SMARTS) is 1. The third-order valence-corrected chi connectivity index (χ3v) is 5.38. The quantitative estimate of drug-likeness (QED) is 0.613. The van der Waals surface area contributed by atoms with E-state index in [1.807, 2.05) is 6.92 Å². The zero-order valence-electron chi connectivity index (χ0n) is 16.5. The van der Waals surface area contributed by atoms with Crippen molar-refractivity contribution in [2.24, 2.45) is 0 Å². The van der Waals surface area contributed by atoms with Crippen LogP contribution in [0.4, 0.5) is 14.5 Å². The number of aliphatic hydroxyl groups excluding tert-OH is 1. The number of hydrogen-bond donors (Lipinski definition) is 2. The van der Waals surface area contributed by atoms with Crippen LogP contribution in [0.25, 0.3) is 10.8 Å². The van der Waals surface area contributed by atoms with E-state index in [2.05, 4.69) is 0 Å². The van der Waals surface area contributed by atoms with Gasteiger partial charge in [0.25, 0.3) is 5.91 Å². The van der Waals surface area contributed by atoms with Crippen molar-refractivity contribution < 1.29 is 33.3 Å². The molecule has 1 amide bonds. The van der Waals surface area contributed by atoms with Crippen LogP contribution >= 0.6 is 0 Å². The Bertz CT molecular complexity index is 1180. The molecule has 3 aromatic rings. The normalized spacial score (nSPS) is 15.6. The molecule has 160 valence electrons. The number of aliphatic hydroxyl groups is 1. The number of amides is 1. The zero-order chi connectivity index (χ0) is 22.3. The standard InChI is InChI=1S/C23H19F2NO5/c1-2-14-15-5-3-4-6-16(15)20(31-23(24)25)19-18(14)21(29)26(22(19)30)13-9-7-12(8-10-13)11-17(27)28/h3-10,22-23,30H,2,11H2,1H3,(H,27,28). The Kier molecular flexibility index (Phi) is 5.32. The molecule has 0 aromatic heterocycles. The number of carboxylic acids is 1. The lowest BCUT2D eigenvalue weighted by molar-refractivity contribution is -0.136.